The molecule has 4 rings (SSSR count). The van der Waals surface area contributed by atoms with Gasteiger partial charge in [-0.25, -0.2) is 9.07 Å². The maximum atomic E-state index is 14.3. The molecule has 0 amide bonds. The van der Waals surface area contributed by atoms with Crippen LogP contribution < -0.4 is 5.56 Å². The number of hydrogen-bond donors (Lipinski definition) is 0. The van der Waals surface area contributed by atoms with Gasteiger partial charge in [-0.1, -0.05) is 24.4 Å². The summed E-state index contributed by atoms with van der Waals surface area (Å²) in [4.78, 5) is 22.9. The van der Waals surface area contributed by atoms with Gasteiger partial charge in [-0.15, -0.1) is 0 Å². The lowest BCUT2D eigenvalue weighted by Crippen LogP contribution is -2.22. The molecule has 1 fully saturated rings. The molecule has 1 aromatic heterocycles. The van der Waals surface area contributed by atoms with Crippen molar-refractivity contribution in [3.63, 3.8) is 0 Å². The van der Waals surface area contributed by atoms with Crippen LogP contribution in [-0.4, -0.2) is 14.3 Å². The molecule has 1 aliphatic carbocycles. The summed E-state index contributed by atoms with van der Waals surface area (Å²) in [5.74, 6) is -1.03. The van der Waals surface area contributed by atoms with Crippen LogP contribution in [-0.2, 0) is 13.1 Å². The van der Waals surface area contributed by atoms with Gasteiger partial charge in [0.15, 0.2) is 0 Å². The Morgan fingerprint density at radius 1 is 1.07 bits per heavy atom. The van der Waals surface area contributed by atoms with E-state index in [1.165, 1.54) is 17.5 Å². The lowest BCUT2D eigenvalue weighted by Gasteiger charge is -2.12. The van der Waals surface area contributed by atoms with Gasteiger partial charge in [0, 0.05) is 30.8 Å². The Bertz CT molecular complexity index is 981. The number of benzene rings is 1. The molecule has 1 aromatic carbocycles. The first kappa shape index (κ1) is 18.2. The predicted molar refractivity (Wildman–Crippen MR) is 95.8 cm³/mol. The molecule has 0 N–H and O–H groups in total. The Morgan fingerprint density at radius 3 is 2.33 bits per heavy atom. The maximum Gasteiger partial charge on any atom is 0.305 e. The fraction of sp³-hybridized carbons (Fsp3) is 0.500. The Labute approximate surface area is 158 Å². The van der Waals surface area contributed by atoms with Gasteiger partial charge >= 0.3 is 5.69 Å². The summed E-state index contributed by atoms with van der Waals surface area (Å²) < 4.78 is 31.0. The van der Waals surface area contributed by atoms with Crippen molar-refractivity contribution in [2.45, 2.75) is 45.2 Å². The fourth-order valence-corrected chi connectivity index (χ4v) is 4.27. The Kier molecular flexibility index (Phi) is 4.53. The van der Waals surface area contributed by atoms with Gasteiger partial charge in [0.25, 0.3) is 5.56 Å². The van der Waals surface area contributed by atoms with Crippen LogP contribution >= 0.6 is 11.6 Å². The van der Waals surface area contributed by atoms with E-state index in [2.05, 4.69) is 0 Å². The third kappa shape index (κ3) is 3.26. The minimum Gasteiger partial charge on any atom is -0.271 e. The SMILES string of the molecule is O=c1c(-c2cc([N+](=O)[O-])c(F)cc2F)c(Cl)n2n1CCC(CC1CC1)CC2. The number of nitro benzene ring substituents is 1. The van der Waals surface area contributed by atoms with Gasteiger partial charge in [-0.2, -0.15) is 4.39 Å². The van der Waals surface area contributed by atoms with E-state index in [9.17, 15) is 23.7 Å². The summed E-state index contributed by atoms with van der Waals surface area (Å²) in [7, 11) is 0. The van der Waals surface area contributed by atoms with Gasteiger partial charge in [0.1, 0.15) is 11.0 Å². The molecule has 0 saturated heterocycles. The quantitative estimate of drug-likeness (QED) is 0.568. The highest BCUT2D eigenvalue weighted by molar-refractivity contribution is 6.32. The molecule has 9 heteroatoms. The van der Waals surface area contributed by atoms with Crippen molar-refractivity contribution in [1.29, 1.82) is 0 Å². The smallest absolute Gasteiger partial charge is 0.271 e. The van der Waals surface area contributed by atoms with Gasteiger partial charge in [-0.3, -0.25) is 19.6 Å². The summed E-state index contributed by atoms with van der Waals surface area (Å²) in [5.41, 5.74) is -1.90. The zero-order valence-electron chi connectivity index (χ0n) is 14.5. The number of rotatable bonds is 4. The highest BCUT2D eigenvalue weighted by Gasteiger charge is 2.30. The molecule has 27 heavy (non-hydrogen) atoms. The van der Waals surface area contributed by atoms with Crippen LogP contribution in [0.2, 0.25) is 5.15 Å². The summed E-state index contributed by atoms with van der Waals surface area (Å²) in [6, 6.07) is 1.16. The molecular formula is C18H18ClF2N3O3. The first-order chi connectivity index (χ1) is 12.9. The second kappa shape index (κ2) is 6.74. The number of nitrogens with zero attached hydrogens (tertiary/aromatic N) is 3. The summed E-state index contributed by atoms with van der Waals surface area (Å²) in [5, 5.41) is 11.0. The topological polar surface area (TPSA) is 70.1 Å². The highest BCUT2D eigenvalue weighted by Crippen LogP contribution is 2.39. The van der Waals surface area contributed by atoms with Gasteiger partial charge in [0.2, 0.25) is 5.82 Å². The van der Waals surface area contributed by atoms with E-state index in [-0.39, 0.29) is 16.3 Å². The molecule has 0 spiro atoms. The molecule has 1 unspecified atom stereocenters. The van der Waals surface area contributed by atoms with Crippen LogP contribution in [0.1, 0.15) is 32.1 Å². The Balaban J connectivity index is 1.74. The number of hydrogen-bond acceptors (Lipinski definition) is 3. The first-order valence-electron chi connectivity index (χ1n) is 8.99. The van der Waals surface area contributed by atoms with Gasteiger partial charge in [-0.05, 0) is 31.1 Å². The molecular weight excluding hydrogens is 380 g/mol. The van der Waals surface area contributed by atoms with Crippen LogP contribution in [0.4, 0.5) is 14.5 Å². The van der Waals surface area contributed by atoms with Crippen LogP contribution in [0.5, 0.6) is 0 Å². The molecule has 144 valence electrons. The predicted octanol–water partition coefficient (Wildman–Crippen LogP) is 4.37. The molecule has 6 nitrogen and oxygen atoms in total. The number of nitro groups is 1. The lowest BCUT2D eigenvalue weighted by atomic mass is 9.95. The van der Waals surface area contributed by atoms with Crippen molar-refractivity contribution in [2.75, 3.05) is 0 Å². The summed E-state index contributed by atoms with van der Waals surface area (Å²) in [6.45, 7) is 0.983. The second-order valence-corrected chi connectivity index (χ2v) is 7.74. The first-order valence-corrected chi connectivity index (χ1v) is 9.37. The molecule has 2 aliphatic rings. The van der Waals surface area contributed by atoms with Crippen molar-refractivity contribution in [3.05, 3.63) is 49.4 Å². The fourth-order valence-electron chi connectivity index (χ4n) is 3.91. The molecule has 1 aliphatic heterocycles. The van der Waals surface area contributed by atoms with Gasteiger partial charge in [0.05, 0.1) is 10.5 Å². The minimum atomic E-state index is -1.29. The van der Waals surface area contributed by atoms with E-state index in [1.54, 1.807) is 4.68 Å². The standard InChI is InChI=1S/C18H18ClF2N3O3/c19-17-16(12-8-15(24(26)27)14(21)9-13(12)20)18(25)23-6-4-11(3-5-22(17)23)7-10-1-2-10/h8-11H,1-7H2. The van der Waals surface area contributed by atoms with Crippen molar-refractivity contribution in [3.8, 4) is 11.1 Å². The third-order valence-corrected chi connectivity index (χ3v) is 5.92. The Hall–Kier alpha value is -2.22. The van der Waals surface area contributed by atoms with E-state index in [0.29, 0.717) is 25.1 Å². The summed E-state index contributed by atoms with van der Waals surface area (Å²) >= 11 is 6.38. The maximum absolute atomic E-state index is 14.3. The number of halogens is 3. The van der Waals surface area contributed by atoms with Crippen molar-refractivity contribution >= 4 is 17.3 Å². The van der Waals surface area contributed by atoms with Crippen molar-refractivity contribution in [2.24, 2.45) is 11.8 Å². The van der Waals surface area contributed by atoms with E-state index < -0.39 is 27.8 Å². The zero-order chi connectivity index (χ0) is 19.3. The normalized spacial score (nSPS) is 19.6. The zero-order valence-corrected chi connectivity index (χ0v) is 15.2. The third-order valence-electron chi connectivity index (χ3n) is 5.54. The van der Waals surface area contributed by atoms with Crippen molar-refractivity contribution < 1.29 is 13.7 Å². The molecule has 0 bridgehead atoms. The van der Waals surface area contributed by atoms with Crippen LogP contribution in [0, 0.1) is 33.6 Å². The van der Waals surface area contributed by atoms with Gasteiger partial charge < -0.3 is 0 Å². The lowest BCUT2D eigenvalue weighted by molar-refractivity contribution is -0.387. The van der Waals surface area contributed by atoms with E-state index in [1.807, 2.05) is 0 Å². The average Bonchev–Trinajstić information content (AvgIpc) is 3.40. The van der Waals surface area contributed by atoms with Crippen LogP contribution in [0.3, 0.4) is 0 Å². The molecule has 1 saturated carbocycles. The largest absolute Gasteiger partial charge is 0.305 e. The number of aromatic nitrogens is 2. The summed E-state index contributed by atoms with van der Waals surface area (Å²) in [6.07, 6.45) is 5.41. The molecule has 2 aromatic rings. The van der Waals surface area contributed by atoms with Crippen molar-refractivity contribution in [1.82, 2.24) is 9.36 Å². The Morgan fingerprint density at radius 2 is 1.70 bits per heavy atom. The highest BCUT2D eigenvalue weighted by atomic mass is 35.5. The van der Waals surface area contributed by atoms with Crippen LogP contribution in [0.25, 0.3) is 11.1 Å². The average molecular weight is 398 g/mol. The van der Waals surface area contributed by atoms with Crippen LogP contribution in [0.15, 0.2) is 16.9 Å². The van der Waals surface area contributed by atoms with E-state index in [4.69, 9.17) is 11.6 Å². The van der Waals surface area contributed by atoms with E-state index >= 15 is 0 Å². The molecule has 0 radical (unpaired) electrons. The molecule has 2 heterocycles. The molecule has 1 atom stereocenters. The number of fused-ring (bicyclic) bond motifs is 1. The monoisotopic (exact) mass is 397 g/mol. The second-order valence-electron chi connectivity index (χ2n) is 7.38. The van der Waals surface area contributed by atoms with E-state index in [0.717, 1.165) is 31.2 Å². The minimum absolute atomic E-state index is 0.0341.